The molecule has 2 aromatic rings. The molecular weight excluding hydrogens is 272 g/mol. The Morgan fingerprint density at radius 3 is 2.18 bits per heavy atom. The van der Waals surface area contributed by atoms with Gasteiger partial charge in [0.05, 0.1) is 5.56 Å². The van der Waals surface area contributed by atoms with E-state index in [1.807, 2.05) is 30.3 Å². The number of hydrogen-bond acceptors (Lipinski definition) is 2. The number of ether oxygens (including phenoxy) is 1. The minimum Gasteiger partial charge on any atom is -0.423 e. The predicted octanol–water partition coefficient (Wildman–Crippen LogP) is 5.20. The molecule has 0 amide bonds. The zero-order valence-electron chi connectivity index (χ0n) is 13.0. The van der Waals surface area contributed by atoms with E-state index >= 15 is 0 Å². The number of benzene rings is 2. The molecule has 1 aliphatic rings. The Labute approximate surface area is 132 Å². The molecular formula is C20H22O2. The van der Waals surface area contributed by atoms with Crippen LogP contribution in [0, 0.1) is 5.92 Å². The summed E-state index contributed by atoms with van der Waals surface area (Å²) in [6.45, 7) is 2.33. The van der Waals surface area contributed by atoms with Crippen molar-refractivity contribution in [1.82, 2.24) is 0 Å². The number of carbonyl (C=O) groups excluding carboxylic acids is 1. The molecule has 0 bridgehead atoms. The molecule has 1 aliphatic carbocycles. The van der Waals surface area contributed by atoms with Crippen LogP contribution in [0.15, 0.2) is 54.6 Å². The highest BCUT2D eigenvalue weighted by atomic mass is 16.5. The van der Waals surface area contributed by atoms with Gasteiger partial charge in [-0.15, -0.1) is 0 Å². The molecule has 2 heteroatoms. The summed E-state index contributed by atoms with van der Waals surface area (Å²) in [6, 6.07) is 17.1. The van der Waals surface area contributed by atoms with Crippen LogP contribution in [0.5, 0.6) is 5.75 Å². The van der Waals surface area contributed by atoms with Crippen molar-refractivity contribution in [2.75, 3.05) is 0 Å². The number of hydrogen-bond donors (Lipinski definition) is 0. The quantitative estimate of drug-likeness (QED) is 0.574. The van der Waals surface area contributed by atoms with E-state index in [9.17, 15) is 4.79 Å². The molecule has 22 heavy (non-hydrogen) atoms. The van der Waals surface area contributed by atoms with E-state index < -0.39 is 0 Å². The van der Waals surface area contributed by atoms with Crippen LogP contribution >= 0.6 is 0 Å². The van der Waals surface area contributed by atoms with Gasteiger partial charge in [-0.3, -0.25) is 0 Å². The minimum atomic E-state index is -0.296. The lowest BCUT2D eigenvalue weighted by atomic mass is 9.79. The average molecular weight is 294 g/mol. The van der Waals surface area contributed by atoms with Crippen molar-refractivity contribution < 1.29 is 9.53 Å². The maximum atomic E-state index is 12.1. The minimum absolute atomic E-state index is 0.296. The topological polar surface area (TPSA) is 26.3 Å². The molecule has 0 unspecified atom stereocenters. The first-order valence-corrected chi connectivity index (χ1v) is 8.09. The van der Waals surface area contributed by atoms with Gasteiger partial charge in [0.15, 0.2) is 0 Å². The fourth-order valence-corrected chi connectivity index (χ4v) is 3.14. The van der Waals surface area contributed by atoms with Crippen LogP contribution < -0.4 is 4.74 Å². The van der Waals surface area contributed by atoms with E-state index in [1.54, 1.807) is 12.1 Å². The van der Waals surface area contributed by atoms with Crippen LogP contribution in [-0.4, -0.2) is 5.97 Å². The number of para-hydroxylation sites is 1. The molecule has 2 nitrogen and oxygen atoms in total. The van der Waals surface area contributed by atoms with Crippen LogP contribution in [0.25, 0.3) is 0 Å². The second-order valence-corrected chi connectivity index (χ2v) is 6.28. The summed E-state index contributed by atoms with van der Waals surface area (Å²) in [6.07, 6.45) is 5.13. The molecule has 1 saturated carbocycles. The standard InChI is InChI=1S/C20H22O2/c1-15-7-9-16(10-8-15)17-11-13-18(14-12-17)20(21)22-19-5-3-2-4-6-19/h2-6,11-16H,7-10H2,1H3. The summed E-state index contributed by atoms with van der Waals surface area (Å²) >= 11 is 0. The van der Waals surface area contributed by atoms with Crippen molar-refractivity contribution in [1.29, 1.82) is 0 Å². The lowest BCUT2D eigenvalue weighted by molar-refractivity contribution is 0.0735. The Morgan fingerprint density at radius 1 is 0.909 bits per heavy atom. The van der Waals surface area contributed by atoms with E-state index in [1.165, 1.54) is 31.2 Å². The molecule has 0 spiro atoms. The molecule has 114 valence electrons. The van der Waals surface area contributed by atoms with Crippen LogP contribution in [0.3, 0.4) is 0 Å². The Bertz CT molecular complexity index is 608. The predicted molar refractivity (Wildman–Crippen MR) is 88.2 cm³/mol. The lowest BCUT2D eigenvalue weighted by Gasteiger charge is -2.26. The Kier molecular flexibility index (Phi) is 4.57. The summed E-state index contributed by atoms with van der Waals surface area (Å²) < 4.78 is 5.36. The number of esters is 1. The van der Waals surface area contributed by atoms with Crippen molar-refractivity contribution in [3.63, 3.8) is 0 Å². The van der Waals surface area contributed by atoms with Crippen molar-refractivity contribution >= 4 is 5.97 Å². The smallest absolute Gasteiger partial charge is 0.343 e. The van der Waals surface area contributed by atoms with Crippen LogP contribution in [-0.2, 0) is 0 Å². The fraction of sp³-hybridized carbons (Fsp3) is 0.350. The van der Waals surface area contributed by atoms with Gasteiger partial charge in [-0.1, -0.05) is 50.1 Å². The normalized spacial score (nSPS) is 21.3. The highest BCUT2D eigenvalue weighted by Gasteiger charge is 2.20. The Morgan fingerprint density at radius 2 is 1.55 bits per heavy atom. The van der Waals surface area contributed by atoms with Crippen LogP contribution in [0.2, 0.25) is 0 Å². The second kappa shape index (κ2) is 6.78. The monoisotopic (exact) mass is 294 g/mol. The van der Waals surface area contributed by atoms with Gasteiger partial charge in [0.2, 0.25) is 0 Å². The molecule has 0 atom stereocenters. The maximum Gasteiger partial charge on any atom is 0.343 e. The second-order valence-electron chi connectivity index (χ2n) is 6.28. The third-order valence-electron chi connectivity index (χ3n) is 4.59. The largest absolute Gasteiger partial charge is 0.423 e. The van der Waals surface area contributed by atoms with E-state index in [0.29, 0.717) is 17.2 Å². The number of carbonyl (C=O) groups is 1. The van der Waals surface area contributed by atoms with Gasteiger partial charge >= 0.3 is 5.97 Å². The third kappa shape index (κ3) is 3.56. The maximum absolute atomic E-state index is 12.1. The molecule has 0 aromatic heterocycles. The summed E-state index contributed by atoms with van der Waals surface area (Å²) in [5.41, 5.74) is 1.96. The van der Waals surface area contributed by atoms with Crippen LogP contribution in [0.1, 0.15) is 54.4 Å². The van der Waals surface area contributed by atoms with E-state index in [0.717, 1.165) is 5.92 Å². The van der Waals surface area contributed by atoms with E-state index in [2.05, 4.69) is 19.1 Å². The van der Waals surface area contributed by atoms with Gasteiger partial charge in [0, 0.05) is 0 Å². The average Bonchev–Trinajstić information content (AvgIpc) is 2.57. The Hall–Kier alpha value is -2.09. The van der Waals surface area contributed by atoms with Gasteiger partial charge in [0.25, 0.3) is 0 Å². The molecule has 0 heterocycles. The fourth-order valence-electron chi connectivity index (χ4n) is 3.14. The molecule has 1 fully saturated rings. The number of rotatable bonds is 3. The summed E-state index contributed by atoms with van der Waals surface area (Å²) in [4.78, 5) is 12.1. The van der Waals surface area contributed by atoms with Crippen molar-refractivity contribution in [3.05, 3.63) is 65.7 Å². The van der Waals surface area contributed by atoms with Gasteiger partial charge in [-0.2, -0.15) is 0 Å². The molecule has 0 N–H and O–H groups in total. The van der Waals surface area contributed by atoms with Gasteiger partial charge in [-0.25, -0.2) is 4.79 Å². The van der Waals surface area contributed by atoms with Crippen molar-refractivity contribution in [2.24, 2.45) is 5.92 Å². The van der Waals surface area contributed by atoms with Crippen LogP contribution in [0.4, 0.5) is 0 Å². The molecule has 2 aromatic carbocycles. The first-order chi connectivity index (χ1) is 10.7. The zero-order chi connectivity index (χ0) is 15.4. The first kappa shape index (κ1) is 14.8. The highest BCUT2D eigenvalue weighted by Crippen LogP contribution is 2.35. The molecule has 0 aliphatic heterocycles. The van der Waals surface area contributed by atoms with Crippen molar-refractivity contribution in [3.8, 4) is 5.75 Å². The zero-order valence-corrected chi connectivity index (χ0v) is 13.0. The van der Waals surface area contributed by atoms with Gasteiger partial charge in [-0.05, 0) is 54.5 Å². The molecule has 3 rings (SSSR count). The van der Waals surface area contributed by atoms with Gasteiger partial charge < -0.3 is 4.74 Å². The van der Waals surface area contributed by atoms with Gasteiger partial charge in [0.1, 0.15) is 5.75 Å². The highest BCUT2D eigenvalue weighted by molar-refractivity contribution is 5.91. The third-order valence-corrected chi connectivity index (χ3v) is 4.59. The first-order valence-electron chi connectivity index (χ1n) is 8.09. The lowest BCUT2D eigenvalue weighted by Crippen LogP contribution is -2.12. The van der Waals surface area contributed by atoms with Crippen molar-refractivity contribution in [2.45, 2.75) is 38.5 Å². The summed E-state index contributed by atoms with van der Waals surface area (Å²) in [5, 5.41) is 0. The molecule has 0 saturated heterocycles. The SMILES string of the molecule is CC1CCC(c2ccc(C(=O)Oc3ccccc3)cc2)CC1. The molecule has 0 radical (unpaired) electrons. The summed E-state index contributed by atoms with van der Waals surface area (Å²) in [5.74, 6) is 1.79. The van der Waals surface area contributed by atoms with E-state index in [-0.39, 0.29) is 5.97 Å². The Balaban J connectivity index is 1.65. The summed E-state index contributed by atoms with van der Waals surface area (Å²) in [7, 11) is 0. The van der Waals surface area contributed by atoms with E-state index in [4.69, 9.17) is 4.74 Å².